The summed E-state index contributed by atoms with van der Waals surface area (Å²) in [5.74, 6) is -0.595. The molecule has 3 aromatic rings. The molecule has 1 fully saturated rings. The number of carbonyl (C=O) groups excluding carboxylic acids is 3. The minimum Gasteiger partial charge on any atom is -0.490 e. The number of ether oxygens (including phenoxy) is 2. The number of nitrogens with one attached hydrogen (secondary N) is 1. The van der Waals surface area contributed by atoms with Gasteiger partial charge in [0.25, 0.3) is 11.8 Å². The van der Waals surface area contributed by atoms with E-state index in [1.165, 1.54) is 18.2 Å². The Kier molecular flexibility index (Phi) is 7.76. The van der Waals surface area contributed by atoms with Crippen molar-refractivity contribution in [1.29, 1.82) is 0 Å². The SMILES string of the molecule is CCOc1cc(C=C2C(=O)NC(=O)N(c3ccc(Cl)cc3)C2=O)cc(Br)c1OCc1cccc(C)c1. The topological polar surface area (TPSA) is 84.9 Å². The molecule has 4 rings (SSSR count). The number of halogens is 2. The van der Waals surface area contributed by atoms with Crippen LogP contribution in [0.4, 0.5) is 10.5 Å². The number of hydrogen-bond acceptors (Lipinski definition) is 5. The van der Waals surface area contributed by atoms with Gasteiger partial charge in [-0.1, -0.05) is 41.4 Å². The van der Waals surface area contributed by atoms with Crippen molar-refractivity contribution in [3.05, 3.63) is 92.4 Å². The number of imide groups is 2. The van der Waals surface area contributed by atoms with Crippen LogP contribution >= 0.6 is 27.5 Å². The van der Waals surface area contributed by atoms with E-state index in [2.05, 4.69) is 21.2 Å². The Morgan fingerprint density at radius 3 is 2.47 bits per heavy atom. The van der Waals surface area contributed by atoms with Gasteiger partial charge in [0.1, 0.15) is 12.2 Å². The Bertz CT molecular complexity index is 1370. The second kappa shape index (κ2) is 11.0. The molecule has 1 aliphatic rings. The van der Waals surface area contributed by atoms with Gasteiger partial charge < -0.3 is 9.47 Å². The van der Waals surface area contributed by atoms with Gasteiger partial charge in [-0.05, 0) is 83.4 Å². The molecule has 0 radical (unpaired) electrons. The molecule has 36 heavy (non-hydrogen) atoms. The van der Waals surface area contributed by atoms with Crippen LogP contribution in [0.15, 0.2) is 70.7 Å². The van der Waals surface area contributed by atoms with Crippen molar-refractivity contribution >= 4 is 57.1 Å². The van der Waals surface area contributed by atoms with Gasteiger partial charge in [0, 0.05) is 5.02 Å². The summed E-state index contributed by atoms with van der Waals surface area (Å²) in [5.41, 5.74) is 2.73. The predicted molar refractivity (Wildman–Crippen MR) is 141 cm³/mol. The van der Waals surface area contributed by atoms with Gasteiger partial charge in [-0.15, -0.1) is 0 Å². The molecule has 0 aliphatic carbocycles. The molecule has 1 saturated heterocycles. The largest absolute Gasteiger partial charge is 0.490 e. The molecule has 3 aromatic carbocycles. The molecule has 7 nitrogen and oxygen atoms in total. The van der Waals surface area contributed by atoms with Crippen LogP contribution in [0, 0.1) is 6.92 Å². The molecule has 1 aliphatic heterocycles. The van der Waals surface area contributed by atoms with Crippen molar-refractivity contribution in [3.8, 4) is 11.5 Å². The summed E-state index contributed by atoms with van der Waals surface area (Å²) < 4.78 is 12.4. The van der Waals surface area contributed by atoms with E-state index >= 15 is 0 Å². The first-order valence-electron chi connectivity index (χ1n) is 11.1. The highest BCUT2D eigenvalue weighted by Crippen LogP contribution is 2.38. The first-order valence-corrected chi connectivity index (χ1v) is 12.3. The highest BCUT2D eigenvalue weighted by molar-refractivity contribution is 9.10. The fraction of sp³-hybridized carbons (Fsp3) is 0.148. The van der Waals surface area contributed by atoms with Gasteiger partial charge in [0.05, 0.1) is 16.8 Å². The first-order chi connectivity index (χ1) is 17.3. The van der Waals surface area contributed by atoms with Crippen LogP contribution in [0.2, 0.25) is 5.02 Å². The lowest BCUT2D eigenvalue weighted by atomic mass is 10.1. The first kappa shape index (κ1) is 25.5. The smallest absolute Gasteiger partial charge is 0.335 e. The average molecular weight is 570 g/mol. The molecule has 0 unspecified atom stereocenters. The van der Waals surface area contributed by atoms with E-state index < -0.39 is 17.8 Å². The maximum absolute atomic E-state index is 13.2. The molecule has 0 bridgehead atoms. The third kappa shape index (κ3) is 5.61. The lowest BCUT2D eigenvalue weighted by Crippen LogP contribution is -2.54. The third-order valence-electron chi connectivity index (χ3n) is 5.29. The highest BCUT2D eigenvalue weighted by atomic mass is 79.9. The molecular formula is C27H22BrClN2O5. The van der Waals surface area contributed by atoms with Crippen LogP contribution in [0.3, 0.4) is 0 Å². The molecule has 9 heteroatoms. The maximum Gasteiger partial charge on any atom is 0.335 e. The van der Waals surface area contributed by atoms with E-state index in [0.717, 1.165) is 16.0 Å². The molecule has 4 amide bonds. The lowest BCUT2D eigenvalue weighted by Gasteiger charge is -2.26. The van der Waals surface area contributed by atoms with E-state index in [9.17, 15) is 14.4 Å². The van der Waals surface area contributed by atoms with Crippen LogP contribution in [-0.2, 0) is 16.2 Å². The van der Waals surface area contributed by atoms with E-state index in [1.54, 1.807) is 24.3 Å². The fourth-order valence-corrected chi connectivity index (χ4v) is 4.38. The number of benzene rings is 3. The zero-order chi connectivity index (χ0) is 25.8. The Morgan fingerprint density at radius 2 is 1.78 bits per heavy atom. The summed E-state index contributed by atoms with van der Waals surface area (Å²) in [5, 5.41) is 2.66. The van der Waals surface area contributed by atoms with Gasteiger partial charge in [-0.3, -0.25) is 14.9 Å². The van der Waals surface area contributed by atoms with Crippen LogP contribution in [-0.4, -0.2) is 24.5 Å². The number of hydrogen-bond donors (Lipinski definition) is 1. The normalized spacial score (nSPS) is 14.7. The van der Waals surface area contributed by atoms with E-state index in [0.29, 0.717) is 39.8 Å². The van der Waals surface area contributed by atoms with Crippen molar-refractivity contribution in [1.82, 2.24) is 5.32 Å². The Balaban J connectivity index is 1.65. The lowest BCUT2D eigenvalue weighted by molar-refractivity contribution is -0.122. The predicted octanol–water partition coefficient (Wildman–Crippen LogP) is 6.06. The van der Waals surface area contributed by atoms with E-state index in [-0.39, 0.29) is 11.3 Å². The number of urea groups is 1. The van der Waals surface area contributed by atoms with E-state index in [4.69, 9.17) is 21.1 Å². The molecule has 1 N–H and O–H groups in total. The maximum atomic E-state index is 13.2. The fourth-order valence-electron chi connectivity index (χ4n) is 3.68. The van der Waals surface area contributed by atoms with Gasteiger partial charge in [0.2, 0.25) is 0 Å². The number of anilines is 1. The number of rotatable bonds is 7. The summed E-state index contributed by atoms with van der Waals surface area (Å²) in [6.07, 6.45) is 1.41. The zero-order valence-corrected chi connectivity index (χ0v) is 21.9. The molecule has 1 heterocycles. The summed E-state index contributed by atoms with van der Waals surface area (Å²) in [6, 6.07) is 16.7. The van der Waals surface area contributed by atoms with Crippen LogP contribution in [0.1, 0.15) is 23.6 Å². The number of amides is 4. The number of barbiturate groups is 1. The number of nitrogens with zero attached hydrogens (tertiary/aromatic N) is 1. The average Bonchev–Trinajstić information content (AvgIpc) is 2.82. The monoisotopic (exact) mass is 568 g/mol. The highest BCUT2D eigenvalue weighted by Gasteiger charge is 2.36. The molecule has 0 saturated carbocycles. The second-order valence-corrected chi connectivity index (χ2v) is 9.27. The van der Waals surface area contributed by atoms with Gasteiger partial charge in [0.15, 0.2) is 11.5 Å². The third-order valence-corrected chi connectivity index (χ3v) is 6.14. The quantitative estimate of drug-likeness (QED) is 0.276. The minimum absolute atomic E-state index is 0.202. The van der Waals surface area contributed by atoms with Crippen molar-refractivity contribution in [3.63, 3.8) is 0 Å². The summed E-state index contributed by atoms with van der Waals surface area (Å²) >= 11 is 9.44. The Labute approximate surface area is 221 Å². The van der Waals surface area contributed by atoms with Gasteiger partial charge in [-0.2, -0.15) is 0 Å². The van der Waals surface area contributed by atoms with Crippen LogP contribution in [0.5, 0.6) is 11.5 Å². The van der Waals surface area contributed by atoms with Crippen LogP contribution in [0.25, 0.3) is 6.08 Å². The minimum atomic E-state index is -0.833. The van der Waals surface area contributed by atoms with Crippen molar-refractivity contribution in [2.24, 2.45) is 0 Å². The molecule has 0 spiro atoms. The molecule has 0 aromatic heterocycles. The van der Waals surface area contributed by atoms with Gasteiger partial charge >= 0.3 is 6.03 Å². The number of aryl methyl sites for hydroxylation is 1. The van der Waals surface area contributed by atoms with Crippen molar-refractivity contribution in [2.45, 2.75) is 20.5 Å². The second-order valence-electron chi connectivity index (χ2n) is 7.97. The van der Waals surface area contributed by atoms with Crippen molar-refractivity contribution in [2.75, 3.05) is 11.5 Å². The molecule has 184 valence electrons. The zero-order valence-electron chi connectivity index (χ0n) is 19.5. The summed E-state index contributed by atoms with van der Waals surface area (Å²) in [6.45, 7) is 4.57. The molecule has 0 atom stereocenters. The summed E-state index contributed by atoms with van der Waals surface area (Å²) in [7, 11) is 0. The summed E-state index contributed by atoms with van der Waals surface area (Å²) in [4.78, 5) is 39.0. The Hall–Kier alpha value is -3.62. The standard InChI is InChI=1S/C27H22BrClN2O5/c1-3-35-23-14-18(13-22(28)24(23)36-15-17-6-4-5-16(2)11-17)12-21-25(32)30-27(34)31(26(21)33)20-9-7-19(29)8-10-20/h4-14H,3,15H2,1-2H3,(H,30,32,34). The van der Waals surface area contributed by atoms with Crippen LogP contribution < -0.4 is 19.7 Å². The molecular weight excluding hydrogens is 548 g/mol. The van der Waals surface area contributed by atoms with Crippen molar-refractivity contribution < 1.29 is 23.9 Å². The van der Waals surface area contributed by atoms with E-state index in [1.807, 2.05) is 38.1 Å². The Morgan fingerprint density at radius 1 is 1.03 bits per heavy atom. The van der Waals surface area contributed by atoms with Gasteiger partial charge in [-0.25, -0.2) is 9.69 Å². The number of carbonyl (C=O) groups is 3.